The Balaban J connectivity index is 2.73. The van der Waals surface area contributed by atoms with Crippen molar-refractivity contribution in [1.82, 2.24) is 5.32 Å². The van der Waals surface area contributed by atoms with E-state index in [1.165, 1.54) is 42.4 Å². The molecule has 0 aliphatic rings. The molecule has 0 saturated carbocycles. The molecule has 1 aromatic carbocycles. The van der Waals surface area contributed by atoms with Gasteiger partial charge in [0.25, 0.3) is 0 Å². The summed E-state index contributed by atoms with van der Waals surface area (Å²) >= 11 is 0. The van der Waals surface area contributed by atoms with E-state index in [4.69, 9.17) is 6.42 Å². The number of terminal acetylenes is 1. The van der Waals surface area contributed by atoms with Crippen molar-refractivity contribution in [3.05, 3.63) is 72.4 Å². The molecule has 1 rings (SSSR count). The minimum atomic E-state index is 0.742. The summed E-state index contributed by atoms with van der Waals surface area (Å²) < 4.78 is 0. The molecule has 0 unspecified atom stereocenters. The third kappa shape index (κ3) is 6.75. The van der Waals surface area contributed by atoms with Crippen LogP contribution < -0.4 is 5.32 Å². The number of rotatable bonds is 10. The second-order valence-electron chi connectivity index (χ2n) is 5.93. The largest absolute Gasteiger partial charge is 0.315 e. The first kappa shape index (κ1) is 19.6. The molecule has 0 saturated heterocycles. The molecule has 0 atom stereocenters. The number of allylic oxidation sites excluding steroid dienone is 5. The van der Waals surface area contributed by atoms with Crippen molar-refractivity contribution in [2.24, 2.45) is 0 Å². The summed E-state index contributed by atoms with van der Waals surface area (Å²) in [4.78, 5) is 0. The van der Waals surface area contributed by atoms with E-state index >= 15 is 0 Å². The third-order valence-electron chi connectivity index (χ3n) is 4.04. The summed E-state index contributed by atoms with van der Waals surface area (Å²) in [6.07, 6.45) is 17.8. The van der Waals surface area contributed by atoms with Crippen LogP contribution in [-0.4, -0.2) is 0 Å². The Bertz CT molecular complexity index is 636. The van der Waals surface area contributed by atoms with Gasteiger partial charge in [-0.15, -0.1) is 0 Å². The Labute approximate surface area is 147 Å². The summed E-state index contributed by atoms with van der Waals surface area (Å²) in [5.74, 6) is 0. The van der Waals surface area contributed by atoms with Gasteiger partial charge in [0, 0.05) is 11.7 Å². The molecule has 1 aromatic rings. The molecule has 0 aliphatic heterocycles. The van der Waals surface area contributed by atoms with E-state index in [9.17, 15) is 0 Å². The van der Waals surface area contributed by atoms with Crippen LogP contribution in [0.3, 0.4) is 0 Å². The van der Waals surface area contributed by atoms with E-state index in [0.29, 0.717) is 0 Å². The summed E-state index contributed by atoms with van der Waals surface area (Å²) in [5, 5.41) is 2.78. The van der Waals surface area contributed by atoms with Crippen molar-refractivity contribution in [1.29, 1.82) is 0 Å². The zero-order valence-corrected chi connectivity index (χ0v) is 15.1. The van der Waals surface area contributed by atoms with Crippen molar-refractivity contribution in [3.8, 4) is 12.5 Å². The molecular formula is C23H29N. The van der Waals surface area contributed by atoms with Gasteiger partial charge in [-0.25, -0.2) is 0 Å². The first-order valence-corrected chi connectivity index (χ1v) is 8.63. The average Bonchev–Trinajstić information content (AvgIpc) is 2.61. The third-order valence-corrected chi connectivity index (χ3v) is 4.04. The maximum atomic E-state index is 5.23. The maximum Gasteiger partial charge on any atom is 0.0459 e. The Hall–Kier alpha value is -2.46. The molecule has 0 spiro atoms. The van der Waals surface area contributed by atoms with Crippen LogP contribution in [0.1, 0.15) is 57.1 Å². The topological polar surface area (TPSA) is 12.0 Å². The lowest BCUT2D eigenvalue weighted by Crippen LogP contribution is -2.01. The lowest BCUT2D eigenvalue weighted by atomic mass is 10.0. The fourth-order valence-electron chi connectivity index (χ4n) is 2.43. The van der Waals surface area contributed by atoms with E-state index < -0.39 is 0 Å². The standard InChI is InChI=1S/C23H29N/c1-6-9-10-11-12-21(7-2)14-13-19(4)22-15-17-23(18-16-22)20(5)24-8-3/h3,7,13-18,24H,2,5-6,9-12H2,1,4H3/b19-13+,21-14+. The molecule has 0 aliphatic carbocycles. The van der Waals surface area contributed by atoms with Gasteiger partial charge < -0.3 is 5.32 Å². The molecular weight excluding hydrogens is 290 g/mol. The van der Waals surface area contributed by atoms with E-state index in [1.807, 2.05) is 18.2 Å². The van der Waals surface area contributed by atoms with Crippen molar-refractivity contribution in [2.45, 2.75) is 46.0 Å². The predicted octanol–water partition coefficient (Wildman–Crippen LogP) is 6.32. The lowest BCUT2D eigenvalue weighted by Gasteiger charge is -2.06. The van der Waals surface area contributed by atoms with Gasteiger partial charge in [-0.05, 0) is 42.0 Å². The maximum absolute atomic E-state index is 5.23. The SMILES string of the molecule is C#CNC(=C)c1ccc(/C(C)=C/C=C(\C=C)CCCCCC)cc1. The van der Waals surface area contributed by atoms with Gasteiger partial charge in [0.1, 0.15) is 0 Å². The van der Waals surface area contributed by atoms with Crippen LogP contribution in [-0.2, 0) is 0 Å². The summed E-state index contributed by atoms with van der Waals surface area (Å²) in [7, 11) is 0. The van der Waals surface area contributed by atoms with Gasteiger partial charge in [0.2, 0.25) is 0 Å². The highest BCUT2D eigenvalue weighted by Gasteiger charge is 1.99. The second-order valence-corrected chi connectivity index (χ2v) is 5.93. The van der Waals surface area contributed by atoms with Gasteiger partial charge in [-0.3, -0.25) is 0 Å². The van der Waals surface area contributed by atoms with Crippen LogP contribution in [0.15, 0.2) is 61.2 Å². The van der Waals surface area contributed by atoms with Gasteiger partial charge in [0.05, 0.1) is 0 Å². The number of nitrogens with one attached hydrogen (secondary N) is 1. The number of benzene rings is 1. The zero-order chi connectivity index (χ0) is 17.8. The number of hydrogen-bond acceptors (Lipinski definition) is 1. The van der Waals surface area contributed by atoms with E-state index in [0.717, 1.165) is 17.7 Å². The highest BCUT2D eigenvalue weighted by Crippen LogP contribution is 2.18. The van der Waals surface area contributed by atoms with E-state index in [1.54, 1.807) is 0 Å². The van der Waals surface area contributed by atoms with Gasteiger partial charge >= 0.3 is 0 Å². The molecule has 0 bridgehead atoms. The molecule has 1 N–H and O–H groups in total. The van der Waals surface area contributed by atoms with Crippen molar-refractivity contribution in [2.75, 3.05) is 0 Å². The fraction of sp³-hybridized carbons (Fsp3) is 0.304. The number of unbranched alkanes of at least 4 members (excludes halogenated alkanes) is 3. The quantitative estimate of drug-likeness (QED) is 0.230. The first-order valence-electron chi connectivity index (χ1n) is 8.63. The van der Waals surface area contributed by atoms with Crippen molar-refractivity contribution < 1.29 is 0 Å². The number of hydrogen-bond donors (Lipinski definition) is 1. The van der Waals surface area contributed by atoms with Gasteiger partial charge in [-0.1, -0.05) is 88.3 Å². The van der Waals surface area contributed by atoms with Gasteiger partial charge in [-0.2, -0.15) is 0 Å². The minimum absolute atomic E-state index is 0.742. The predicted molar refractivity (Wildman–Crippen MR) is 108 cm³/mol. The van der Waals surface area contributed by atoms with Crippen molar-refractivity contribution >= 4 is 11.3 Å². The fourth-order valence-corrected chi connectivity index (χ4v) is 2.43. The molecule has 126 valence electrons. The van der Waals surface area contributed by atoms with E-state index in [2.05, 4.69) is 62.7 Å². The molecule has 0 amide bonds. The van der Waals surface area contributed by atoms with Gasteiger partial charge in [0.15, 0.2) is 0 Å². The molecule has 0 fully saturated rings. The smallest absolute Gasteiger partial charge is 0.0459 e. The molecule has 0 heterocycles. The Morgan fingerprint density at radius 3 is 2.38 bits per heavy atom. The summed E-state index contributed by atoms with van der Waals surface area (Å²) in [6.45, 7) is 12.2. The summed E-state index contributed by atoms with van der Waals surface area (Å²) in [6, 6.07) is 10.6. The molecule has 1 nitrogen and oxygen atoms in total. The van der Waals surface area contributed by atoms with Crippen LogP contribution in [0, 0.1) is 12.5 Å². The Kier molecular flexibility index (Phi) is 9.09. The first-order chi connectivity index (χ1) is 11.6. The van der Waals surface area contributed by atoms with Crippen molar-refractivity contribution in [3.63, 3.8) is 0 Å². The zero-order valence-electron chi connectivity index (χ0n) is 15.1. The van der Waals surface area contributed by atoms with Crippen LogP contribution >= 0.6 is 0 Å². The Morgan fingerprint density at radius 2 is 1.79 bits per heavy atom. The minimum Gasteiger partial charge on any atom is -0.315 e. The molecule has 0 radical (unpaired) electrons. The average molecular weight is 319 g/mol. The molecule has 1 heteroatoms. The molecule has 24 heavy (non-hydrogen) atoms. The monoisotopic (exact) mass is 319 g/mol. The highest BCUT2D eigenvalue weighted by atomic mass is 14.8. The summed E-state index contributed by atoms with van der Waals surface area (Å²) in [5.41, 5.74) is 5.46. The van der Waals surface area contributed by atoms with Crippen LogP contribution in [0.5, 0.6) is 0 Å². The normalized spacial score (nSPS) is 11.7. The van der Waals surface area contributed by atoms with E-state index in [-0.39, 0.29) is 0 Å². The molecule has 0 aromatic heterocycles. The van der Waals surface area contributed by atoms with Crippen LogP contribution in [0.25, 0.3) is 11.3 Å². The lowest BCUT2D eigenvalue weighted by molar-refractivity contribution is 0.668. The second kappa shape index (κ2) is 11.1. The van der Waals surface area contributed by atoms with Crippen LogP contribution in [0.2, 0.25) is 0 Å². The Morgan fingerprint density at radius 1 is 1.12 bits per heavy atom. The highest BCUT2D eigenvalue weighted by molar-refractivity contribution is 5.69. The van der Waals surface area contributed by atoms with Crippen LogP contribution in [0.4, 0.5) is 0 Å².